The summed E-state index contributed by atoms with van der Waals surface area (Å²) in [6.45, 7) is 5.27. The van der Waals surface area contributed by atoms with Gasteiger partial charge >= 0.3 is 0 Å². The summed E-state index contributed by atoms with van der Waals surface area (Å²) in [4.78, 5) is 17.5. The van der Waals surface area contributed by atoms with E-state index < -0.39 is 0 Å². The summed E-state index contributed by atoms with van der Waals surface area (Å²) in [7, 11) is 0. The monoisotopic (exact) mass is 212 g/mol. The van der Waals surface area contributed by atoms with Crippen LogP contribution in [0.15, 0.2) is 0 Å². The van der Waals surface area contributed by atoms with Crippen LogP contribution < -0.4 is 5.73 Å². The number of amides is 1. The molecule has 1 saturated heterocycles. The first-order valence-electron chi connectivity index (χ1n) is 5.66. The lowest BCUT2D eigenvalue weighted by molar-refractivity contribution is -0.227. The van der Waals surface area contributed by atoms with Gasteiger partial charge in [-0.3, -0.25) is 9.63 Å². The lowest BCUT2D eigenvalue weighted by atomic mass is 9.78. The molecule has 4 nitrogen and oxygen atoms in total. The summed E-state index contributed by atoms with van der Waals surface area (Å²) in [5.74, 6) is 0.122. The molecule has 1 spiro atoms. The molecule has 2 rings (SSSR count). The second kappa shape index (κ2) is 3.46. The Hall–Kier alpha value is -0.610. The average molecular weight is 212 g/mol. The Morgan fingerprint density at radius 1 is 1.53 bits per heavy atom. The number of hydrogen-bond donors (Lipinski definition) is 1. The molecule has 0 aromatic rings. The van der Waals surface area contributed by atoms with Crippen LogP contribution in [0.3, 0.4) is 0 Å². The number of nitrogens with two attached hydrogens (primary N) is 1. The van der Waals surface area contributed by atoms with Gasteiger partial charge in [0, 0.05) is 0 Å². The summed E-state index contributed by atoms with van der Waals surface area (Å²) in [5, 5.41) is 1.53. The SMILES string of the molecule is CC(C)(CN)CN1OC2(CCC2)CC1=O. The molecule has 15 heavy (non-hydrogen) atoms. The van der Waals surface area contributed by atoms with Crippen molar-refractivity contribution in [1.82, 2.24) is 5.06 Å². The molecule has 0 bridgehead atoms. The lowest BCUT2D eigenvalue weighted by Gasteiger charge is -2.37. The summed E-state index contributed by atoms with van der Waals surface area (Å²) in [5.41, 5.74) is 5.45. The van der Waals surface area contributed by atoms with Crippen molar-refractivity contribution in [3.05, 3.63) is 0 Å². The molecular weight excluding hydrogens is 192 g/mol. The van der Waals surface area contributed by atoms with Gasteiger partial charge in [0.2, 0.25) is 5.91 Å². The molecule has 0 aromatic carbocycles. The zero-order chi connectivity index (χ0) is 11.1. The zero-order valence-corrected chi connectivity index (χ0v) is 9.58. The number of hydrogen-bond acceptors (Lipinski definition) is 3. The van der Waals surface area contributed by atoms with Crippen molar-refractivity contribution in [3.63, 3.8) is 0 Å². The van der Waals surface area contributed by atoms with Gasteiger partial charge in [0.05, 0.1) is 13.0 Å². The predicted molar refractivity (Wildman–Crippen MR) is 56.8 cm³/mol. The zero-order valence-electron chi connectivity index (χ0n) is 9.58. The summed E-state index contributed by atoms with van der Waals surface area (Å²) < 4.78 is 0. The van der Waals surface area contributed by atoms with Gasteiger partial charge in [-0.1, -0.05) is 13.8 Å². The first-order valence-corrected chi connectivity index (χ1v) is 5.66. The third kappa shape index (κ3) is 2.01. The van der Waals surface area contributed by atoms with E-state index in [-0.39, 0.29) is 16.9 Å². The maximum atomic E-state index is 11.7. The van der Waals surface area contributed by atoms with Crippen molar-refractivity contribution in [1.29, 1.82) is 0 Å². The Bertz CT molecular complexity index is 272. The number of nitrogens with zero attached hydrogens (tertiary/aromatic N) is 1. The Kier molecular flexibility index (Phi) is 2.51. The normalized spacial score (nSPS) is 24.7. The highest BCUT2D eigenvalue weighted by atomic mass is 16.7. The van der Waals surface area contributed by atoms with E-state index in [0.717, 1.165) is 12.8 Å². The molecule has 4 heteroatoms. The second-order valence-corrected chi connectivity index (χ2v) is 5.60. The van der Waals surface area contributed by atoms with Crippen LogP contribution in [0.4, 0.5) is 0 Å². The summed E-state index contributed by atoms with van der Waals surface area (Å²) >= 11 is 0. The standard InChI is InChI=1S/C11H20N2O2/c1-10(2,7-12)8-13-9(14)6-11(15-13)4-3-5-11/h3-8,12H2,1-2H3. The molecule has 0 atom stereocenters. The van der Waals surface area contributed by atoms with Gasteiger partial charge in [-0.15, -0.1) is 0 Å². The lowest BCUT2D eigenvalue weighted by Crippen LogP contribution is -2.42. The van der Waals surface area contributed by atoms with E-state index in [2.05, 4.69) is 13.8 Å². The molecule has 2 N–H and O–H groups in total. The molecule has 0 aromatic heterocycles. The molecule has 1 amide bonds. The number of carbonyl (C=O) groups is 1. The van der Waals surface area contributed by atoms with Crippen molar-refractivity contribution in [3.8, 4) is 0 Å². The molecule has 0 radical (unpaired) electrons. The van der Waals surface area contributed by atoms with Crippen molar-refractivity contribution in [2.45, 2.75) is 45.1 Å². The van der Waals surface area contributed by atoms with Crippen molar-refractivity contribution in [2.75, 3.05) is 13.1 Å². The highest BCUT2D eigenvalue weighted by Gasteiger charge is 2.49. The Balaban J connectivity index is 1.96. The molecular formula is C11H20N2O2. The highest BCUT2D eigenvalue weighted by Crippen LogP contribution is 2.44. The fraction of sp³-hybridized carbons (Fsp3) is 0.909. The molecule has 2 aliphatic rings. The van der Waals surface area contributed by atoms with Gasteiger partial charge < -0.3 is 5.73 Å². The topological polar surface area (TPSA) is 55.6 Å². The number of carbonyl (C=O) groups excluding carboxylic acids is 1. The van der Waals surface area contributed by atoms with Crippen molar-refractivity contribution < 1.29 is 9.63 Å². The molecule has 2 fully saturated rings. The van der Waals surface area contributed by atoms with Gasteiger partial charge in [0.15, 0.2) is 0 Å². The fourth-order valence-corrected chi connectivity index (χ4v) is 2.09. The van der Waals surface area contributed by atoms with E-state index in [4.69, 9.17) is 10.6 Å². The van der Waals surface area contributed by atoms with Gasteiger partial charge in [-0.2, -0.15) is 0 Å². The summed E-state index contributed by atoms with van der Waals surface area (Å²) in [6.07, 6.45) is 3.80. The first kappa shape index (κ1) is 10.9. The molecule has 1 saturated carbocycles. The minimum absolute atomic E-state index is 0.0645. The highest BCUT2D eigenvalue weighted by molar-refractivity contribution is 5.78. The van der Waals surface area contributed by atoms with Crippen LogP contribution in [-0.4, -0.2) is 29.7 Å². The van der Waals surface area contributed by atoms with Gasteiger partial charge in [0.25, 0.3) is 0 Å². The van der Waals surface area contributed by atoms with Crippen LogP contribution >= 0.6 is 0 Å². The third-order valence-corrected chi connectivity index (χ3v) is 3.44. The van der Waals surface area contributed by atoms with Crippen molar-refractivity contribution >= 4 is 5.91 Å². The van der Waals surface area contributed by atoms with Crippen LogP contribution in [0.2, 0.25) is 0 Å². The van der Waals surface area contributed by atoms with E-state index in [0.29, 0.717) is 19.5 Å². The quantitative estimate of drug-likeness (QED) is 0.761. The minimum Gasteiger partial charge on any atom is -0.330 e. The van der Waals surface area contributed by atoms with Gasteiger partial charge in [-0.05, 0) is 31.2 Å². The summed E-state index contributed by atoms with van der Waals surface area (Å²) in [6, 6.07) is 0. The molecule has 1 heterocycles. The molecule has 1 aliphatic carbocycles. The van der Waals surface area contributed by atoms with Crippen LogP contribution in [0.1, 0.15) is 39.5 Å². The van der Waals surface area contributed by atoms with E-state index in [1.807, 2.05) is 0 Å². The number of rotatable bonds is 3. The molecule has 86 valence electrons. The predicted octanol–water partition coefficient (Wildman–Crippen LogP) is 1.06. The minimum atomic E-state index is -0.137. The van der Waals surface area contributed by atoms with Crippen molar-refractivity contribution in [2.24, 2.45) is 11.1 Å². The Morgan fingerprint density at radius 2 is 2.20 bits per heavy atom. The van der Waals surface area contributed by atoms with Crippen LogP contribution in [0, 0.1) is 5.41 Å². The van der Waals surface area contributed by atoms with E-state index in [1.54, 1.807) is 0 Å². The molecule has 1 aliphatic heterocycles. The number of hydroxylamine groups is 2. The Labute approximate surface area is 90.7 Å². The Morgan fingerprint density at radius 3 is 2.60 bits per heavy atom. The van der Waals surface area contributed by atoms with E-state index in [1.165, 1.54) is 11.5 Å². The van der Waals surface area contributed by atoms with Gasteiger partial charge in [-0.25, -0.2) is 5.06 Å². The molecule has 0 unspecified atom stereocenters. The van der Waals surface area contributed by atoms with Crippen LogP contribution in [0.25, 0.3) is 0 Å². The first-order chi connectivity index (χ1) is 6.96. The van der Waals surface area contributed by atoms with Crippen LogP contribution in [-0.2, 0) is 9.63 Å². The largest absolute Gasteiger partial charge is 0.330 e. The third-order valence-electron chi connectivity index (χ3n) is 3.44. The second-order valence-electron chi connectivity index (χ2n) is 5.60. The maximum Gasteiger partial charge on any atom is 0.249 e. The van der Waals surface area contributed by atoms with E-state index >= 15 is 0 Å². The fourth-order valence-electron chi connectivity index (χ4n) is 2.09. The maximum absolute atomic E-state index is 11.7. The van der Waals surface area contributed by atoms with Gasteiger partial charge in [0.1, 0.15) is 5.60 Å². The average Bonchev–Trinajstić information content (AvgIpc) is 2.43. The van der Waals surface area contributed by atoms with E-state index in [9.17, 15) is 4.79 Å². The van der Waals surface area contributed by atoms with Crippen LogP contribution in [0.5, 0.6) is 0 Å². The smallest absolute Gasteiger partial charge is 0.249 e.